The quantitative estimate of drug-likeness (QED) is 0.402. The molecule has 2 aromatic carbocycles. The molecule has 0 aromatic heterocycles. The summed E-state index contributed by atoms with van der Waals surface area (Å²) in [6.45, 7) is 4.03. The summed E-state index contributed by atoms with van der Waals surface area (Å²) < 4.78 is 31.4. The summed E-state index contributed by atoms with van der Waals surface area (Å²) in [6.07, 6.45) is 3.15. The fourth-order valence-electron chi connectivity index (χ4n) is 3.60. The molecule has 2 aromatic rings. The van der Waals surface area contributed by atoms with Crippen LogP contribution in [0.3, 0.4) is 0 Å². The number of nitrogens with one attached hydrogen (secondary N) is 1. The number of rotatable bonds is 13. The Kier molecular flexibility index (Phi) is 10.9. The van der Waals surface area contributed by atoms with Gasteiger partial charge >= 0.3 is 0 Å². The number of hydrogen-bond acceptors (Lipinski definition) is 5. The standard InChI is InChI=1S/C25H34ClN3O5S/c1-5-7-15-27-25(31)23(6-2)28(17-19-11-13-22(34-3)14-12-19)24(30)18-29(35(4,32)33)21-10-8-9-20(26)16-21/h8-14,16,23H,5-7,15,17-18H2,1-4H3,(H,27,31)/t23-/m0/s1. The van der Waals surface area contributed by atoms with Crippen LogP contribution in [0.4, 0.5) is 5.69 Å². The number of halogens is 1. The molecule has 35 heavy (non-hydrogen) atoms. The average Bonchev–Trinajstić information content (AvgIpc) is 2.82. The topological polar surface area (TPSA) is 96.0 Å². The molecule has 0 aliphatic carbocycles. The molecule has 0 unspecified atom stereocenters. The molecule has 0 saturated heterocycles. The Balaban J connectivity index is 2.39. The molecule has 2 amide bonds. The Hall–Kier alpha value is -2.78. The lowest BCUT2D eigenvalue weighted by Gasteiger charge is -2.33. The minimum Gasteiger partial charge on any atom is -0.497 e. The minimum atomic E-state index is -3.81. The summed E-state index contributed by atoms with van der Waals surface area (Å²) in [7, 11) is -2.24. The van der Waals surface area contributed by atoms with Crippen LogP contribution in [0.1, 0.15) is 38.7 Å². The van der Waals surface area contributed by atoms with Crippen molar-refractivity contribution >= 4 is 39.1 Å². The molecule has 0 radical (unpaired) electrons. The highest BCUT2D eigenvalue weighted by atomic mass is 35.5. The maximum atomic E-state index is 13.6. The van der Waals surface area contributed by atoms with Gasteiger partial charge < -0.3 is 15.0 Å². The molecule has 192 valence electrons. The zero-order valence-corrected chi connectivity index (χ0v) is 22.2. The summed E-state index contributed by atoms with van der Waals surface area (Å²) in [5, 5.41) is 3.24. The largest absolute Gasteiger partial charge is 0.497 e. The van der Waals surface area contributed by atoms with Crippen LogP contribution in [0.25, 0.3) is 0 Å². The molecule has 0 aliphatic rings. The van der Waals surface area contributed by atoms with E-state index in [0.29, 0.717) is 23.7 Å². The average molecular weight is 524 g/mol. The van der Waals surface area contributed by atoms with Gasteiger partial charge in [0.15, 0.2) is 0 Å². The lowest BCUT2D eigenvalue weighted by atomic mass is 10.1. The smallest absolute Gasteiger partial charge is 0.244 e. The Labute approximate surface area is 213 Å². The van der Waals surface area contributed by atoms with Crippen LogP contribution in [-0.4, -0.2) is 57.6 Å². The molecular weight excluding hydrogens is 490 g/mol. The van der Waals surface area contributed by atoms with E-state index in [1.807, 2.05) is 26.0 Å². The first-order valence-corrected chi connectivity index (χ1v) is 13.8. The fraction of sp³-hybridized carbons (Fsp3) is 0.440. The van der Waals surface area contributed by atoms with E-state index >= 15 is 0 Å². The molecule has 0 fully saturated rings. The zero-order valence-electron chi connectivity index (χ0n) is 20.7. The molecule has 0 bridgehead atoms. The minimum absolute atomic E-state index is 0.135. The third-order valence-corrected chi connectivity index (χ3v) is 6.88. The van der Waals surface area contributed by atoms with E-state index < -0.39 is 28.5 Å². The van der Waals surface area contributed by atoms with Gasteiger partial charge in [-0.15, -0.1) is 0 Å². The number of carbonyl (C=O) groups is 2. The van der Waals surface area contributed by atoms with Crippen LogP contribution < -0.4 is 14.4 Å². The number of ether oxygens (including phenoxy) is 1. The number of amides is 2. The van der Waals surface area contributed by atoms with Crippen molar-refractivity contribution in [3.8, 4) is 5.75 Å². The molecule has 1 N–H and O–H groups in total. The third kappa shape index (κ3) is 8.43. The second-order valence-electron chi connectivity index (χ2n) is 8.19. The zero-order chi connectivity index (χ0) is 26.0. The van der Waals surface area contributed by atoms with Crippen molar-refractivity contribution in [1.29, 1.82) is 0 Å². The highest BCUT2D eigenvalue weighted by Gasteiger charge is 2.31. The Morgan fingerprint density at radius 2 is 1.80 bits per heavy atom. The van der Waals surface area contributed by atoms with E-state index in [1.165, 1.54) is 11.0 Å². The van der Waals surface area contributed by atoms with Gasteiger partial charge in [0.25, 0.3) is 0 Å². The van der Waals surface area contributed by atoms with Gasteiger partial charge in [-0.1, -0.05) is 50.1 Å². The van der Waals surface area contributed by atoms with Crippen LogP contribution in [0.2, 0.25) is 5.02 Å². The number of methoxy groups -OCH3 is 1. The van der Waals surface area contributed by atoms with Crippen molar-refractivity contribution < 1.29 is 22.7 Å². The summed E-state index contributed by atoms with van der Waals surface area (Å²) in [6, 6.07) is 12.7. The van der Waals surface area contributed by atoms with Crippen molar-refractivity contribution in [2.45, 2.75) is 45.7 Å². The van der Waals surface area contributed by atoms with Crippen molar-refractivity contribution in [2.75, 3.05) is 30.8 Å². The molecule has 0 saturated carbocycles. The van der Waals surface area contributed by atoms with Gasteiger partial charge in [0, 0.05) is 18.1 Å². The first kappa shape index (κ1) is 28.5. The monoisotopic (exact) mass is 523 g/mol. The van der Waals surface area contributed by atoms with Crippen molar-refractivity contribution in [1.82, 2.24) is 10.2 Å². The molecule has 0 heterocycles. The Morgan fingerprint density at radius 1 is 1.11 bits per heavy atom. The van der Waals surface area contributed by atoms with Crippen LogP contribution in [0.15, 0.2) is 48.5 Å². The van der Waals surface area contributed by atoms with E-state index in [-0.39, 0.29) is 18.1 Å². The van der Waals surface area contributed by atoms with E-state index in [2.05, 4.69) is 5.32 Å². The molecule has 0 aliphatic heterocycles. The summed E-state index contributed by atoms with van der Waals surface area (Å²) in [4.78, 5) is 28.0. The number of unbranched alkanes of at least 4 members (excludes halogenated alkanes) is 1. The van der Waals surface area contributed by atoms with Crippen LogP contribution in [0.5, 0.6) is 5.75 Å². The first-order chi connectivity index (χ1) is 16.6. The summed E-state index contributed by atoms with van der Waals surface area (Å²) in [5.74, 6) is -0.0969. The molecule has 2 rings (SSSR count). The molecule has 10 heteroatoms. The summed E-state index contributed by atoms with van der Waals surface area (Å²) >= 11 is 6.07. The normalized spacial score (nSPS) is 12.0. The van der Waals surface area contributed by atoms with Gasteiger partial charge in [-0.3, -0.25) is 13.9 Å². The van der Waals surface area contributed by atoms with Crippen molar-refractivity contribution in [2.24, 2.45) is 0 Å². The van der Waals surface area contributed by atoms with E-state index in [0.717, 1.165) is 29.0 Å². The number of nitrogens with zero attached hydrogens (tertiary/aromatic N) is 2. The third-order valence-electron chi connectivity index (χ3n) is 5.50. The van der Waals surface area contributed by atoms with Crippen molar-refractivity contribution in [3.05, 3.63) is 59.1 Å². The molecule has 0 spiro atoms. The van der Waals surface area contributed by atoms with Crippen molar-refractivity contribution in [3.63, 3.8) is 0 Å². The highest BCUT2D eigenvalue weighted by Crippen LogP contribution is 2.23. The Bertz CT molecular complexity index is 1090. The predicted molar refractivity (Wildman–Crippen MR) is 139 cm³/mol. The second-order valence-corrected chi connectivity index (χ2v) is 10.5. The van der Waals surface area contributed by atoms with Crippen LogP contribution in [-0.2, 0) is 26.2 Å². The summed E-state index contributed by atoms with van der Waals surface area (Å²) in [5.41, 5.74) is 1.06. The molecular formula is C25H34ClN3O5S. The lowest BCUT2D eigenvalue weighted by molar-refractivity contribution is -0.140. The highest BCUT2D eigenvalue weighted by molar-refractivity contribution is 7.92. The van der Waals surface area contributed by atoms with E-state index in [9.17, 15) is 18.0 Å². The molecule has 8 nitrogen and oxygen atoms in total. The van der Waals surface area contributed by atoms with E-state index in [1.54, 1.807) is 37.4 Å². The number of benzene rings is 2. The van der Waals surface area contributed by atoms with E-state index in [4.69, 9.17) is 16.3 Å². The SMILES string of the molecule is CCCCNC(=O)[C@H](CC)N(Cc1ccc(OC)cc1)C(=O)CN(c1cccc(Cl)c1)S(C)(=O)=O. The maximum absolute atomic E-state index is 13.6. The van der Waals surface area contributed by atoms with Gasteiger partial charge in [0.05, 0.1) is 19.1 Å². The van der Waals surface area contributed by atoms with Crippen LogP contribution in [0, 0.1) is 0 Å². The number of carbonyl (C=O) groups excluding carboxylic acids is 2. The van der Waals surface area contributed by atoms with Gasteiger partial charge in [-0.05, 0) is 48.7 Å². The van der Waals surface area contributed by atoms with Crippen LogP contribution >= 0.6 is 11.6 Å². The van der Waals surface area contributed by atoms with Gasteiger partial charge in [-0.2, -0.15) is 0 Å². The molecule has 1 atom stereocenters. The first-order valence-electron chi connectivity index (χ1n) is 11.5. The van der Waals surface area contributed by atoms with Gasteiger partial charge in [-0.25, -0.2) is 8.42 Å². The number of sulfonamides is 1. The lowest BCUT2D eigenvalue weighted by Crippen LogP contribution is -2.52. The maximum Gasteiger partial charge on any atom is 0.244 e. The number of anilines is 1. The fourth-order valence-corrected chi connectivity index (χ4v) is 4.62. The predicted octanol–water partition coefficient (Wildman–Crippen LogP) is 3.84. The van der Waals surface area contributed by atoms with Gasteiger partial charge in [0.1, 0.15) is 18.3 Å². The Morgan fingerprint density at radius 3 is 2.34 bits per heavy atom. The second kappa shape index (κ2) is 13.3. The van der Waals surface area contributed by atoms with Gasteiger partial charge in [0.2, 0.25) is 21.8 Å². The number of hydrogen-bond donors (Lipinski definition) is 1.